The number of hydrogen-bond donors (Lipinski definition) is 0. The van der Waals surface area contributed by atoms with Gasteiger partial charge in [-0.25, -0.2) is 0 Å². The first-order chi connectivity index (χ1) is 30.5. The molecule has 0 N–H and O–H groups in total. The molecule has 2 fully saturated rings. The van der Waals surface area contributed by atoms with Crippen molar-refractivity contribution in [1.29, 1.82) is 0 Å². The van der Waals surface area contributed by atoms with Crippen molar-refractivity contribution in [2.45, 2.75) is 249 Å². The van der Waals surface area contributed by atoms with Gasteiger partial charge in [0.2, 0.25) is 0 Å². The van der Waals surface area contributed by atoms with Crippen LogP contribution in [0, 0.1) is 29.6 Å². The Kier molecular flexibility index (Phi) is 44.6. The minimum Gasteiger partial charge on any atom is -0.362 e. The van der Waals surface area contributed by atoms with Crippen molar-refractivity contribution >= 4 is 17.9 Å². The van der Waals surface area contributed by atoms with E-state index in [1.54, 1.807) is 0 Å². The van der Waals surface area contributed by atoms with E-state index in [1.165, 1.54) is 100 Å². The summed E-state index contributed by atoms with van der Waals surface area (Å²) in [7, 11) is 0. The number of rotatable bonds is 26. The molecule has 3 heteroatoms. The highest BCUT2D eigenvalue weighted by atomic mass is 35.5. The van der Waals surface area contributed by atoms with E-state index in [0.717, 1.165) is 93.7 Å². The van der Waals surface area contributed by atoms with Crippen LogP contribution in [0.1, 0.15) is 238 Å². The molecule has 0 aromatic rings. The van der Waals surface area contributed by atoms with Gasteiger partial charge in [-0.3, -0.25) is 0 Å². The lowest BCUT2D eigenvalue weighted by molar-refractivity contribution is -0.112. The highest BCUT2D eigenvalue weighted by Crippen LogP contribution is 2.43. The summed E-state index contributed by atoms with van der Waals surface area (Å²) >= 11 is 7.27. The number of nitrogens with zero attached hydrogens (tertiary/aromatic N) is 1. The van der Waals surface area contributed by atoms with Gasteiger partial charge < -0.3 is 9.69 Å². The molecule has 0 radical (unpaired) electrons. The Hall–Kier alpha value is -2.32. The summed E-state index contributed by atoms with van der Waals surface area (Å²) in [5, 5.41) is 0. The first-order valence-electron chi connectivity index (χ1n) is 26.8. The van der Waals surface area contributed by atoms with Crippen LogP contribution in [0.15, 0.2) is 96.8 Å². The molecule has 5 unspecified atom stereocenters. The number of likely N-dealkylation sites (tertiary alicyclic amines) is 1. The monoisotopic (exact) mass is 908 g/mol. The van der Waals surface area contributed by atoms with Crippen molar-refractivity contribution < 1.29 is 4.79 Å². The highest BCUT2D eigenvalue weighted by molar-refractivity contribution is 6.26. The quantitative estimate of drug-likeness (QED) is 0.0283. The number of hydrogen-bond acceptors (Lipinski definition) is 2. The zero-order valence-electron chi connectivity index (χ0n) is 45.4. The van der Waals surface area contributed by atoms with E-state index in [4.69, 9.17) is 11.6 Å². The van der Waals surface area contributed by atoms with Crippen LogP contribution in [-0.2, 0) is 4.79 Å². The van der Waals surface area contributed by atoms with Crippen molar-refractivity contribution in [3.8, 4) is 0 Å². The first-order valence-corrected chi connectivity index (χ1v) is 27.1. The highest BCUT2D eigenvalue weighted by Gasteiger charge is 2.38. The van der Waals surface area contributed by atoms with Crippen LogP contribution in [0.25, 0.3) is 0 Å². The summed E-state index contributed by atoms with van der Waals surface area (Å²) in [4.78, 5) is 13.2. The smallest absolute Gasteiger partial charge is 0.142 e. The van der Waals surface area contributed by atoms with Gasteiger partial charge in [-0.2, -0.15) is 0 Å². The number of aldehydes is 1. The molecule has 0 aromatic carbocycles. The average Bonchev–Trinajstić information content (AvgIpc) is 3.30. The van der Waals surface area contributed by atoms with E-state index in [9.17, 15) is 4.79 Å². The molecular formula is C61H110ClNO. The van der Waals surface area contributed by atoms with Gasteiger partial charge in [0.15, 0.2) is 0 Å². The fraction of sp³-hybridized carbons (Fsp3) is 0.721. The maximum Gasteiger partial charge on any atom is 0.142 e. The van der Waals surface area contributed by atoms with Crippen molar-refractivity contribution in [3.05, 3.63) is 96.8 Å². The third kappa shape index (κ3) is 32.4. The van der Waals surface area contributed by atoms with E-state index < -0.39 is 4.87 Å². The van der Waals surface area contributed by atoms with Gasteiger partial charge in [0.25, 0.3) is 0 Å². The molecule has 0 bridgehead atoms. The Bertz CT molecular complexity index is 1310. The fourth-order valence-electron chi connectivity index (χ4n) is 8.47. The summed E-state index contributed by atoms with van der Waals surface area (Å²) < 4.78 is 0. The second-order valence-electron chi connectivity index (χ2n) is 19.5. The summed E-state index contributed by atoms with van der Waals surface area (Å²) in [5.74, 6) is 3.30. The third-order valence-electron chi connectivity index (χ3n) is 12.9. The summed E-state index contributed by atoms with van der Waals surface area (Å²) in [6, 6.07) is -0.0969. The predicted octanol–water partition coefficient (Wildman–Crippen LogP) is 20.5. The number of carbonyl (C=O) groups is 1. The molecule has 1 heterocycles. The number of carbonyl (C=O) groups excluding carboxylic acids is 1. The molecule has 64 heavy (non-hydrogen) atoms. The average molecular weight is 909 g/mol. The molecule has 2 aliphatic rings. The zero-order chi connectivity index (χ0) is 49.3. The number of alkyl halides is 1. The largest absolute Gasteiger partial charge is 0.362 e. The van der Waals surface area contributed by atoms with Crippen molar-refractivity contribution in [1.82, 2.24) is 4.90 Å². The molecule has 0 aromatic heterocycles. The van der Waals surface area contributed by atoms with Gasteiger partial charge >= 0.3 is 0 Å². The normalized spacial score (nSPS) is 18.1. The number of halogens is 1. The lowest BCUT2D eigenvalue weighted by Gasteiger charge is -2.42. The lowest BCUT2D eigenvalue weighted by Crippen LogP contribution is -2.43. The molecule has 2 rings (SSSR count). The number of unbranched alkanes of at least 4 members (excludes halogenated alkanes) is 2. The zero-order valence-corrected chi connectivity index (χ0v) is 46.2. The molecule has 5 atom stereocenters. The van der Waals surface area contributed by atoms with E-state index in [-0.39, 0.29) is 6.04 Å². The SMILES string of the molecule is C=C(C/C=C(\C)CC(C)C)CCCC.C=CC(C)CC/C=C/C=C/C=C(\C)C(CC)CCCCC(C)C(Cl)(CC)C(=C)C(=C)N1CCCCC1C=O.CC.CC1CCCCC1.CCC. The van der Waals surface area contributed by atoms with E-state index in [1.807, 2.05) is 19.9 Å². The minimum atomic E-state index is -0.524. The van der Waals surface area contributed by atoms with Crippen LogP contribution in [0.3, 0.4) is 0 Å². The second-order valence-corrected chi connectivity index (χ2v) is 20.2. The maximum absolute atomic E-state index is 11.6. The number of piperidine rings is 1. The second kappa shape index (κ2) is 43.3. The van der Waals surface area contributed by atoms with Gasteiger partial charge in [0.05, 0.1) is 10.9 Å². The van der Waals surface area contributed by atoms with Gasteiger partial charge in [0.1, 0.15) is 6.29 Å². The van der Waals surface area contributed by atoms with Crippen molar-refractivity contribution in [2.24, 2.45) is 29.6 Å². The molecule has 1 aliphatic carbocycles. The molecule has 0 amide bonds. The fourth-order valence-corrected chi connectivity index (χ4v) is 8.69. The van der Waals surface area contributed by atoms with Gasteiger partial charge in [-0.15, -0.1) is 18.2 Å². The number of allylic oxidation sites excluding steroid dienone is 11. The molecule has 0 spiro atoms. The standard InChI is InChI=1S/C35H56ClNO.C14H26.C7H14.C3H8.C2H6/c1-9-28(4)21-15-13-12-14-16-22-29(5)33(10-2)24-18-17-23-30(6)35(36,11-3)31(7)32(8)37-26-20-19-25-34(37)27-38;1-6-7-8-13(4)9-10-14(5)11-12(2)3;1-7-5-3-2-4-6-7;1-3-2;1-2/h9,12-14,16,22,27-28,30,33-34H,1,7-8,10-11,15,17-21,23-26H2,2-6H3;10,12H,4,6-9,11H2,1-3,5H3;7H,2-6H2,1H3;3H2,1-2H3;1-2H3/b13-12+,16-14+,29-22+;14-10+;;;. The van der Waals surface area contributed by atoms with Crippen LogP contribution in [0.5, 0.6) is 0 Å². The lowest BCUT2D eigenvalue weighted by atomic mass is 9.79. The molecular weight excluding hydrogens is 798 g/mol. The molecule has 372 valence electrons. The molecule has 1 aliphatic heterocycles. The van der Waals surface area contributed by atoms with E-state index in [0.29, 0.717) is 17.8 Å². The first kappa shape index (κ1) is 66.0. The Morgan fingerprint density at radius 1 is 0.828 bits per heavy atom. The summed E-state index contributed by atoms with van der Waals surface area (Å²) in [6.07, 6.45) is 43.1. The van der Waals surface area contributed by atoms with Crippen LogP contribution in [0.2, 0.25) is 0 Å². The van der Waals surface area contributed by atoms with Crippen LogP contribution < -0.4 is 0 Å². The van der Waals surface area contributed by atoms with Crippen molar-refractivity contribution in [2.75, 3.05) is 6.54 Å². The van der Waals surface area contributed by atoms with Crippen LogP contribution in [-0.4, -0.2) is 28.6 Å². The minimum absolute atomic E-state index is 0.0969. The van der Waals surface area contributed by atoms with Crippen LogP contribution >= 0.6 is 11.6 Å². The van der Waals surface area contributed by atoms with Gasteiger partial charge in [0, 0.05) is 12.2 Å². The Labute approximate surface area is 407 Å². The molecule has 2 nitrogen and oxygen atoms in total. The maximum atomic E-state index is 11.6. The van der Waals surface area contributed by atoms with Crippen LogP contribution in [0.4, 0.5) is 0 Å². The Morgan fingerprint density at radius 2 is 1.44 bits per heavy atom. The van der Waals surface area contributed by atoms with Gasteiger partial charge in [-0.1, -0.05) is 220 Å². The topological polar surface area (TPSA) is 20.3 Å². The van der Waals surface area contributed by atoms with E-state index in [2.05, 4.69) is 151 Å². The Morgan fingerprint density at radius 3 is 1.95 bits per heavy atom. The van der Waals surface area contributed by atoms with Gasteiger partial charge in [-0.05, 0) is 132 Å². The summed E-state index contributed by atoms with van der Waals surface area (Å²) in [5.41, 5.74) is 6.10. The predicted molar refractivity (Wildman–Crippen MR) is 296 cm³/mol. The molecule has 1 saturated heterocycles. The third-order valence-corrected chi connectivity index (χ3v) is 13.8. The Balaban J connectivity index is -0.00000115. The van der Waals surface area contributed by atoms with Crippen molar-refractivity contribution in [3.63, 3.8) is 0 Å². The summed E-state index contributed by atoms with van der Waals surface area (Å²) in [6.45, 7) is 48.3. The molecule has 1 saturated carbocycles. The van der Waals surface area contributed by atoms with E-state index >= 15 is 0 Å².